The fraction of sp³-hybridized carbons (Fsp3) is 0.300. The molecule has 84 valence electrons. The highest BCUT2D eigenvalue weighted by Crippen LogP contribution is 2.25. The molecule has 0 aliphatic heterocycles. The molecule has 0 spiro atoms. The van der Waals surface area contributed by atoms with Gasteiger partial charge in [-0.3, -0.25) is 0 Å². The van der Waals surface area contributed by atoms with E-state index in [-0.39, 0.29) is 12.4 Å². The van der Waals surface area contributed by atoms with Crippen LogP contribution in [0.5, 0.6) is 0 Å². The summed E-state index contributed by atoms with van der Waals surface area (Å²) in [6, 6.07) is 8.76. The Morgan fingerprint density at radius 1 is 1.19 bits per heavy atom. The topological polar surface area (TPSA) is 66.5 Å². The number of tetrazole rings is 1. The molecule has 1 aromatic carbocycles. The maximum atomic E-state index is 3.92. The summed E-state index contributed by atoms with van der Waals surface area (Å²) in [6.07, 6.45) is 2.57. The second-order valence-corrected chi connectivity index (χ2v) is 3.73. The molecule has 1 aliphatic rings. The number of H-pyrrole nitrogens is 1. The van der Waals surface area contributed by atoms with Gasteiger partial charge in [0, 0.05) is 17.3 Å². The number of hydrogen-bond donors (Lipinski definition) is 2. The minimum absolute atomic E-state index is 0. The quantitative estimate of drug-likeness (QED) is 0.855. The highest BCUT2D eigenvalue weighted by atomic mass is 35.5. The van der Waals surface area contributed by atoms with E-state index in [2.05, 4.69) is 25.9 Å². The normalized spacial score (nSPS) is 14.2. The lowest BCUT2D eigenvalue weighted by Gasteiger charge is -2.03. The van der Waals surface area contributed by atoms with Crippen molar-refractivity contribution in [3.63, 3.8) is 0 Å². The summed E-state index contributed by atoms with van der Waals surface area (Å²) < 4.78 is 0. The van der Waals surface area contributed by atoms with Gasteiger partial charge in [0.2, 0.25) is 5.82 Å². The fourth-order valence-electron chi connectivity index (χ4n) is 1.46. The summed E-state index contributed by atoms with van der Waals surface area (Å²) in [5.74, 6) is 0.632. The van der Waals surface area contributed by atoms with Crippen LogP contribution < -0.4 is 5.32 Å². The van der Waals surface area contributed by atoms with E-state index in [9.17, 15) is 0 Å². The third-order valence-corrected chi connectivity index (χ3v) is 2.44. The Balaban J connectivity index is 0.000000963. The number of anilines is 1. The SMILES string of the molecule is Cl.c1cc(-c2nn[nH]n2)ccc1NC1CC1. The number of halogens is 1. The first-order valence-electron chi connectivity index (χ1n) is 5.02. The van der Waals surface area contributed by atoms with Crippen LogP contribution in [0.25, 0.3) is 11.4 Å². The Bertz CT molecular complexity index is 435. The van der Waals surface area contributed by atoms with E-state index >= 15 is 0 Å². The molecule has 16 heavy (non-hydrogen) atoms. The molecule has 0 atom stereocenters. The van der Waals surface area contributed by atoms with Gasteiger partial charge >= 0.3 is 0 Å². The average Bonchev–Trinajstić information content (AvgIpc) is 2.92. The molecule has 0 saturated heterocycles. The smallest absolute Gasteiger partial charge is 0.204 e. The van der Waals surface area contributed by atoms with Gasteiger partial charge in [-0.15, -0.1) is 22.6 Å². The van der Waals surface area contributed by atoms with Crippen molar-refractivity contribution in [2.75, 3.05) is 5.32 Å². The van der Waals surface area contributed by atoms with Crippen LogP contribution in [0.2, 0.25) is 0 Å². The number of aromatic nitrogens is 4. The molecule has 0 bridgehead atoms. The van der Waals surface area contributed by atoms with E-state index in [1.54, 1.807) is 0 Å². The van der Waals surface area contributed by atoms with Crippen LogP contribution >= 0.6 is 12.4 Å². The van der Waals surface area contributed by atoms with Crippen LogP contribution in [0.15, 0.2) is 24.3 Å². The van der Waals surface area contributed by atoms with Crippen molar-refractivity contribution in [3.05, 3.63) is 24.3 Å². The van der Waals surface area contributed by atoms with Gasteiger partial charge in [0.15, 0.2) is 0 Å². The minimum Gasteiger partial charge on any atom is -0.382 e. The van der Waals surface area contributed by atoms with Crippen molar-refractivity contribution in [1.29, 1.82) is 0 Å². The van der Waals surface area contributed by atoms with Gasteiger partial charge in [0.1, 0.15) is 0 Å². The van der Waals surface area contributed by atoms with Gasteiger partial charge in [-0.25, -0.2) is 0 Å². The monoisotopic (exact) mass is 237 g/mol. The Hall–Kier alpha value is -1.62. The molecule has 3 rings (SSSR count). The van der Waals surface area contributed by atoms with E-state index in [4.69, 9.17) is 0 Å². The molecule has 1 saturated carbocycles. The van der Waals surface area contributed by atoms with E-state index in [1.165, 1.54) is 12.8 Å². The lowest BCUT2D eigenvalue weighted by Crippen LogP contribution is -1.99. The maximum absolute atomic E-state index is 3.92. The van der Waals surface area contributed by atoms with Crippen molar-refractivity contribution in [2.24, 2.45) is 0 Å². The van der Waals surface area contributed by atoms with Crippen LogP contribution in [0.4, 0.5) is 5.69 Å². The summed E-state index contributed by atoms with van der Waals surface area (Å²) in [4.78, 5) is 0. The Labute approximate surface area is 99.1 Å². The number of hydrogen-bond acceptors (Lipinski definition) is 4. The molecule has 1 aromatic heterocycles. The van der Waals surface area contributed by atoms with E-state index in [0.717, 1.165) is 11.3 Å². The van der Waals surface area contributed by atoms with Gasteiger partial charge in [0.25, 0.3) is 0 Å². The zero-order valence-electron chi connectivity index (χ0n) is 8.55. The molecule has 1 heterocycles. The molecule has 0 unspecified atom stereocenters. The van der Waals surface area contributed by atoms with E-state index in [0.29, 0.717) is 11.9 Å². The lowest BCUT2D eigenvalue weighted by atomic mass is 10.2. The number of nitrogens with one attached hydrogen (secondary N) is 2. The minimum atomic E-state index is 0. The maximum Gasteiger partial charge on any atom is 0.204 e. The van der Waals surface area contributed by atoms with Crippen LogP contribution in [-0.2, 0) is 0 Å². The molecule has 2 N–H and O–H groups in total. The first kappa shape index (κ1) is 10.9. The highest BCUT2D eigenvalue weighted by molar-refractivity contribution is 5.85. The average molecular weight is 238 g/mol. The molecule has 0 amide bonds. The fourth-order valence-corrected chi connectivity index (χ4v) is 1.46. The molecular weight excluding hydrogens is 226 g/mol. The third-order valence-electron chi connectivity index (χ3n) is 2.44. The Morgan fingerprint density at radius 2 is 1.94 bits per heavy atom. The molecule has 2 aromatic rings. The van der Waals surface area contributed by atoms with Crippen LogP contribution in [0.1, 0.15) is 12.8 Å². The summed E-state index contributed by atoms with van der Waals surface area (Å²) in [5, 5.41) is 17.2. The highest BCUT2D eigenvalue weighted by Gasteiger charge is 2.20. The molecule has 1 fully saturated rings. The summed E-state index contributed by atoms with van der Waals surface area (Å²) in [7, 11) is 0. The van der Waals surface area contributed by atoms with Gasteiger partial charge in [-0.2, -0.15) is 5.21 Å². The second kappa shape index (κ2) is 4.49. The number of aromatic amines is 1. The third kappa shape index (κ3) is 2.30. The van der Waals surface area contributed by atoms with Crippen molar-refractivity contribution in [1.82, 2.24) is 20.6 Å². The van der Waals surface area contributed by atoms with Gasteiger partial charge in [-0.05, 0) is 42.3 Å². The van der Waals surface area contributed by atoms with Crippen molar-refractivity contribution >= 4 is 18.1 Å². The lowest BCUT2D eigenvalue weighted by molar-refractivity contribution is 0.881. The predicted octanol–water partition coefficient (Wildman–Crippen LogP) is 1.86. The Morgan fingerprint density at radius 3 is 2.50 bits per heavy atom. The molecule has 5 nitrogen and oxygen atoms in total. The summed E-state index contributed by atoms with van der Waals surface area (Å²) in [5.41, 5.74) is 2.13. The standard InChI is InChI=1S/C10H11N5.ClH/c1-3-8(11-9-5-6-9)4-2-7(1)10-12-14-15-13-10;/h1-4,9,11H,5-6H2,(H,12,13,14,15);1H. The zero-order valence-corrected chi connectivity index (χ0v) is 9.37. The van der Waals surface area contributed by atoms with Crippen LogP contribution in [0, 0.1) is 0 Å². The number of nitrogens with zero attached hydrogens (tertiary/aromatic N) is 3. The molecular formula is C10H12ClN5. The second-order valence-electron chi connectivity index (χ2n) is 3.73. The van der Waals surface area contributed by atoms with Crippen molar-refractivity contribution in [2.45, 2.75) is 18.9 Å². The summed E-state index contributed by atoms with van der Waals surface area (Å²) in [6.45, 7) is 0. The van der Waals surface area contributed by atoms with Crippen LogP contribution in [0.3, 0.4) is 0 Å². The zero-order chi connectivity index (χ0) is 10.1. The predicted molar refractivity (Wildman–Crippen MR) is 63.5 cm³/mol. The van der Waals surface area contributed by atoms with E-state index < -0.39 is 0 Å². The van der Waals surface area contributed by atoms with Crippen molar-refractivity contribution in [3.8, 4) is 11.4 Å². The molecule has 1 aliphatic carbocycles. The largest absolute Gasteiger partial charge is 0.382 e. The molecule has 6 heteroatoms. The van der Waals surface area contributed by atoms with E-state index in [1.807, 2.05) is 24.3 Å². The number of rotatable bonds is 3. The summed E-state index contributed by atoms with van der Waals surface area (Å²) >= 11 is 0. The van der Waals surface area contributed by atoms with Crippen molar-refractivity contribution < 1.29 is 0 Å². The van der Waals surface area contributed by atoms with Gasteiger partial charge in [0.05, 0.1) is 0 Å². The van der Waals surface area contributed by atoms with Gasteiger partial charge < -0.3 is 5.32 Å². The Kier molecular flexibility index (Phi) is 3.05. The van der Waals surface area contributed by atoms with Crippen LogP contribution in [-0.4, -0.2) is 26.7 Å². The van der Waals surface area contributed by atoms with Gasteiger partial charge in [-0.1, -0.05) is 0 Å². The number of benzene rings is 1. The first-order chi connectivity index (χ1) is 7.42. The molecule has 0 radical (unpaired) electrons. The first-order valence-corrected chi connectivity index (χ1v) is 5.02.